The van der Waals surface area contributed by atoms with Crippen LogP contribution in [0, 0.1) is 23.0 Å². The molecule has 1 N–H and O–H groups in total. The van der Waals surface area contributed by atoms with Crippen molar-refractivity contribution >= 4 is 22.1 Å². The second-order valence-corrected chi connectivity index (χ2v) is 5.42. The van der Waals surface area contributed by atoms with Crippen molar-refractivity contribution < 1.29 is 4.92 Å². The van der Waals surface area contributed by atoms with E-state index in [9.17, 15) is 10.1 Å². The third kappa shape index (κ3) is 2.57. The summed E-state index contributed by atoms with van der Waals surface area (Å²) < 4.78 is 0. The standard InChI is InChI=1S/C15H17N3O2/c1-10-8-12-13(9-17-10)15(18(19)20)5-4-14(12)16-7-6-11-2-3-11/h4-5,8-9,11,16H,2-3,6-7H2,1H3. The van der Waals surface area contributed by atoms with E-state index in [0.717, 1.165) is 29.2 Å². The zero-order valence-corrected chi connectivity index (χ0v) is 11.4. The Hall–Kier alpha value is -2.17. The van der Waals surface area contributed by atoms with Crippen LogP contribution in [-0.4, -0.2) is 16.5 Å². The summed E-state index contributed by atoms with van der Waals surface area (Å²) in [5.41, 5.74) is 1.93. The molecular weight excluding hydrogens is 254 g/mol. The maximum Gasteiger partial charge on any atom is 0.278 e. The predicted octanol–water partition coefficient (Wildman–Crippen LogP) is 3.66. The summed E-state index contributed by atoms with van der Waals surface area (Å²) in [7, 11) is 0. The van der Waals surface area contributed by atoms with Gasteiger partial charge < -0.3 is 5.32 Å². The fourth-order valence-corrected chi connectivity index (χ4v) is 2.46. The van der Waals surface area contributed by atoms with Crippen LogP contribution in [0.5, 0.6) is 0 Å². The van der Waals surface area contributed by atoms with E-state index < -0.39 is 0 Å². The molecule has 0 saturated heterocycles. The average Bonchev–Trinajstić information content (AvgIpc) is 3.22. The van der Waals surface area contributed by atoms with E-state index in [2.05, 4.69) is 10.3 Å². The molecule has 3 rings (SSSR count). The minimum absolute atomic E-state index is 0.111. The first-order valence-electron chi connectivity index (χ1n) is 6.93. The number of rotatable bonds is 5. The molecule has 0 radical (unpaired) electrons. The number of anilines is 1. The largest absolute Gasteiger partial charge is 0.385 e. The Morgan fingerprint density at radius 2 is 2.20 bits per heavy atom. The Labute approximate surface area is 117 Å². The van der Waals surface area contributed by atoms with Crippen molar-refractivity contribution in [2.24, 2.45) is 5.92 Å². The van der Waals surface area contributed by atoms with Gasteiger partial charge in [0, 0.05) is 35.6 Å². The third-order valence-corrected chi connectivity index (χ3v) is 3.78. The Bertz CT molecular complexity index is 665. The summed E-state index contributed by atoms with van der Waals surface area (Å²) in [5, 5.41) is 16.0. The maximum absolute atomic E-state index is 11.1. The molecule has 0 atom stereocenters. The summed E-state index contributed by atoms with van der Waals surface area (Å²) in [6.07, 6.45) is 5.44. The van der Waals surface area contributed by atoms with Crippen molar-refractivity contribution in [3.05, 3.63) is 40.2 Å². The first-order chi connectivity index (χ1) is 9.65. The van der Waals surface area contributed by atoms with Crippen molar-refractivity contribution in [1.29, 1.82) is 0 Å². The number of hydrogen-bond donors (Lipinski definition) is 1. The fraction of sp³-hybridized carbons (Fsp3) is 0.400. The highest BCUT2D eigenvalue weighted by Gasteiger charge is 2.20. The number of hydrogen-bond acceptors (Lipinski definition) is 4. The van der Waals surface area contributed by atoms with E-state index in [-0.39, 0.29) is 10.6 Å². The van der Waals surface area contributed by atoms with E-state index in [1.165, 1.54) is 19.3 Å². The molecule has 1 aliphatic carbocycles. The van der Waals surface area contributed by atoms with Crippen LogP contribution in [0.15, 0.2) is 24.4 Å². The number of nitro benzene ring substituents is 1. The molecule has 1 saturated carbocycles. The number of pyridine rings is 1. The van der Waals surface area contributed by atoms with Gasteiger partial charge in [-0.25, -0.2) is 0 Å². The van der Waals surface area contributed by atoms with E-state index >= 15 is 0 Å². The topological polar surface area (TPSA) is 68.1 Å². The van der Waals surface area contributed by atoms with Crippen molar-refractivity contribution in [3.8, 4) is 0 Å². The highest BCUT2D eigenvalue weighted by atomic mass is 16.6. The predicted molar refractivity (Wildman–Crippen MR) is 79.0 cm³/mol. The van der Waals surface area contributed by atoms with Gasteiger partial charge in [-0.1, -0.05) is 12.8 Å². The number of aromatic nitrogens is 1. The van der Waals surface area contributed by atoms with Gasteiger partial charge in [0.2, 0.25) is 0 Å². The number of nitrogens with zero attached hydrogens (tertiary/aromatic N) is 2. The molecule has 1 fully saturated rings. The molecular formula is C15H17N3O2. The van der Waals surface area contributed by atoms with Gasteiger partial charge in [0.05, 0.1) is 10.3 Å². The average molecular weight is 271 g/mol. The van der Waals surface area contributed by atoms with Gasteiger partial charge in [-0.2, -0.15) is 0 Å². The van der Waals surface area contributed by atoms with Crippen molar-refractivity contribution in [2.75, 3.05) is 11.9 Å². The molecule has 5 heteroatoms. The van der Waals surface area contributed by atoms with Crippen molar-refractivity contribution in [3.63, 3.8) is 0 Å². The SMILES string of the molecule is Cc1cc2c(NCCC3CC3)ccc([N+](=O)[O-])c2cn1. The zero-order chi connectivity index (χ0) is 14.1. The molecule has 1 aromatic carbocycles. The normalized spacial score (nSPS) is 14.4. The van der Waals surface area contributed by atoms with Crippen LogP contribution in [0.1, 0.15) is 25.0 Å². The number of aryl methyl sites for hydroxylation is 1. The van der Waals surface area contributed by atoms with Crippen LogP contribution in [-0.2, 0) is 0 Å². The van der Waals surface area contributed by atoms with Crippen molar-refractivity contribution in [1.82, 2.24) is 4.98 Å². The minimum Gasteiger partial charge on any atom is -0.385 e. The number of benzene rings is 1. The van der Waals surface area contributed by atoms with Gasteiger partial charge in [-0.3, -0.25) is 15.1 Å². The molecule has 0 unspecified atom stereocenters. The summed E-state index contributed by atoms with van der Waals surface area (Å²) in [5.74, 6) is 0.871. The monoisotopic (exact) mass is 271 g/mol. The minimum atomic E-state index is -0.354. The Morgan fingerprint density at radius 1 is 1.40 bits per heavy atom. The number of fused-ring (bicyclic) bond motifs is 1. The van der Waals surface area contributed by atoms with Crippen molar-refractivity contribution in [2.45, 2.75) is 26.2 Å². The lowest BCUT2D eigenvalue weighted by atomic mass is 10.1. The van der Waals surface area contributed by atoms with Crippen LogP contribution < -0.4 is 5.32 Å². The molecule has 104 valence electrons. The lowest BCUT2D eigenvalue weighted by Gasteiger charge is -2.10. The zero-order valence-electron chi connectivity index (χ0n) is 11.4. The van der Waals surface area contributed by atoms with E-state index in [4.69, 9.17) is 0 Å². The van der Waals surface area contributed by atoms with E-state index in [0.29, 0.717) is 5.39 Å². The Morgan fingerprint density at radius 3 is 2.90 bits per heavy atom. The Balaban J connectivity index is 1.96. The molecule has 5 nitrogen and oxygen atoms in total. The summed E-state index contributed by atoms with van der Waals surface area (Å²) in [6, 6.07) is 5.26. The molecule has 1 aromatic heterocycles. The van der Waals surface area contributed by atoms with Gasteiger partial charge in [-0.15, -0.1) is 0 Å². The Kier molecular flexibility index (Phi) is 3.26. The highest BCUT2D eigenvalue weighted by Crippen LogP contribution is 2.34. The number of nitrogens with one attached hydrogen (secondary N) is 1. The van der Waals surface area contributed by atoms with Crippen LogP contribution >= 0.6 is 0 Å². The van der Waals surface area contributed by atoms with Gasteiger partial charge in [-0.05, 0) is 31.4 Å². The van der Waals surface area contributed by atoms with Gasteiger partial charge in [0.25, 0.3) is 5.69 Å². The highest BCUT2D eigenvalue weighted by molar-refractivity contribution is 5.99. The fourth-order valence-electron chi connectivity index (χ4n) is 2.46. The van der Waals surface area contributed by atoms with E-state index in [1.807, 2.05) is 13.0 Å². The first-order valence-corrected chi connectivity index (χ1v) is 6.93. The molecule has 0 bridgehead atoms. The third-order valence-electron chi connectivity index (χ3n) is 3.78. The molecule has 20 heavy (non-hydrogen) atoms. The maximum atomic E-state index is 11.1. The number of non-ortho nitro benzene ring substituents is 1. The lowest BCUT2D eigenvalue weighted by Crippen LogP contribution is -2.03. The van der Waals surface area contributed by atoms with Crippen LogP contribution in [0.25, 0.3) is 10.8 Å². The quantitative estimate of drug-likeness (QED) is 0.665. The summed E-state index contributed by atoms with van der Waals surface area (Å²) >= 11 is 0. The smallest absolute Gasteiger partial charge is 0.278 e. The van der Waals surface area contributed by atoms with Gasteiger partial charge >= 0.3 is 0 Å². The van der Waals surface area contributed by atoms with Crippen LogP contribution in [0.3, 0.4) is 0 Å². The second-order valence-electron chi connectivity index (χ2n) is 5.42. The molecule has 1 heterocycles. The molecule has 0 amide bonds. The first kappa shape index (κ1) is 12.8. The summed E-state index contributed by atoms with van der Waals surface area (Å²) in [6.45, 7) is 2.81. The molecule has 2 aromatic rings. The van der Waals surface area contributed by atoms with Gasteiger partial charge in [0.15, 0.2) is 0 Å². The lowest BCUT2D eigenvalue weighted by molar-refractivity contribution is -0.383. The second kappa shape index (κ2) is 5.07. The molecule has 0 aliphatic heterocycles. The van der Waals surface area contributed by atoms with Crippen LogP contribution in [0.4, 0.5) is 11.4 Å². The van der Waals surface area contributed by atoms with Gasteiger partial charge in [0.1, 0.15) is 0 Å². The van der Waals surface area contributed by atoms with E-state index in [1.54, 1.807) is 18.3 Å². The molecule has 1 aliphatic rings. The summed E-state index contributed by atoms with van der Waals surface area (Å²) in [4.78, 5) is 14.9. The van der Waals surface area contributed by atoms with Crippen LogP contribution in [0.2, 0.25) is 0 Å². The number of nitro groups is 1. The molecule has 0 spiro atoms.